The molecule has 1 amide bonds. The van der Waals surface area contributed by atoms with Crippen LogP contribution in [-0.4, -0.2) is 36.0 Å². The monoisotopic (exact) mass is 359 g/mol. The molecule has 2 aromatic carbocycles. The Hall–Kier alpha value is -1.98. The van der Waals surface area contributed by atoms with Gasteiger partial charge in [-0.2, -0.15) is 0 Å². The Balaban J connectivity index is 1.71. The van der Waals surface area contributed by atoms with Gasteiger partial charge in [0.25, 0.3) is 0 Å². The first kappa shape index (κ1) is 19.3. The topological polar surface area (TPSA) is 58.6 Å². The van der Waals surface area contributed by atoms with Gasteiger partial charge in [0.2, 0.25) is 5.91 Å². The lowest BCUT2D eigenvalue weighted by Gasteiger charge is -2.24. The van der Waals surface area contributed by atoms with E-state index in [-0.39, 0.29) is 12.5 Å². The second-order valence-corrected chi connectivity index (χ2v) is 7.38. The molecule has 0 spiro atoms. The summed E-state index contributed by atoms with van der Waals surface area (Å²) >= 11 is 1.65. The van der Waals surface area contributed by atoms with Crippen LogP contribution in [0.2, 0.25) is 0 Å². The van der Waals surface area contributed by atoms with Crippen molar-refractivity contribution in [1.29, 1.82) is 0 Å². The normalized spacial score (nSPS) is 13.1. The number of carbonyl (C=O) groups excluding carboxylic acids is 1. The Labute approximate surface area is 153 Å². The molecule has 2 rings (SSSR count). The fourth-order valence-corrected chi connectivity index (χ4v) is 3.27. The van der Waals surface area contributed by atoms with E-state index in [2.05, 4.69) is 5.32 Å². The predicted octanol–water partition coefficient (Wildman–Crippen LogP) is 3.29. The molecular weight excluding hydrogens is 334 g/mol. The Morgan fingerprint density at radius 3 is 2.48 bits per heavy atom. The summed E-state index contributed by atoms with van der Waals surface area (Å²) in [6.45, 7) is 1.96. The van der Waals surface area contributed by atoms with Gasteiger partial charge in [-0.15, -0.1) is 11.8 Å². The molecule has 2 aromatic rings. The summed E-state index contributed by atoms with van der Waals surface area (Å²) in [5.41, 5.74) is 0.0104. The van der Waals surface area contributed by atoms with Gasteiger partial charge in [0.05, 0.1) is 12.7 Å². The Morgan fingerprint density at radius 2 is 1.84 bits per heavy atom. The fourth-order valence-electron chi connectivity index (χ4n) is 2.40. The van der Waals surface area contributed by atoms with Gasteiger partial charge < -0.3 is 15.2 Å². The van der Waals surface area contributed by atoms with Crippen LogP contribution in [0.5, 0.6) is 5.75 Å². The summed E-state index contributed by atoms with van der Waals surface area (Å²) in [6, 6.07) is 17.6. The van der Waals surface area contributed by atoms with Crippen molar-refractivity contribution in [2.45, 2.75) is 30.3 Å². The van der Waals surface area contributed by atoms with Crippen molar-refractivity contribution in [3.8, 4) is 5.75 Å². The molecule has 0 heterocycles. The summed E-state index contributed by atoms with van der Waals surface area (Å²) < 4.78 is 5.13. The Kier molecular flexibility index (Phi) is 7.34. The zero-order valence-corrected chi connectivity index (χ0v) is 15.5. The molecule has 0 aliphatic heterocycles. The van der Waals surface area contributed by atoms with Crippen LogP contribution in [0, 0.1) is 0 Å². The summed E-state index contributed by atoms with van der Waals surface area (Å²) in [4.78, 5) is 13.1. The summed E-state index contributed by atoms with van der Waals surface area (Å²) in [7, 11) is 1.62. The third-order valence-electron chi connectivity index (χ3n) is 3.75. The standard InChI is InChI=1S/C20H25NO3S/c1-20(23,14-16-8-10-17(24-2)11-9-16)15-21-19(22)12-13-25-18-6-4-3-5-7-18/h3-11,23H,12-15H2,1-2H3,(H,21,22). The summed E-state index contributed by atoms with van der Waals surface area (Å²) in [6.07, 6.45) is 0.897. The van der Waals surface area contributed by atoms with Crippen LogP contribution < -0.4 is 10.1 Å². The van der Waals surface area contributed by atoms with Crippen molar-refractivity contribution in [1.82, 2.24) is 5.32 Å². The highest BCUT2D eigenvalue weighted by atomic mass is 32.2. The highest BCUT2D eigenvalue weighted by Gasteiger charge is 2.21. The Morgan fingerprint density at radius 1 is 1.16 bits per heavy atom. The predicted molar refractivity (Wildman–Crippen MR) is 102 cm³/mol. The van der Waals surface area contributed by atoms with Gasteiger partial charge in [-0.25, -0.2) is 0 Å². The maximum Gasteiger partial charge on any atom is 0.220 e. The molecule has 4 nitrogen and oxygen atoms in total. The van der Waals surface area contributed by atoms with Crippen molar-refractivity contribution >= 4 is 17.7 Å². The number of carbonyl (C=O) groups is 1. The number of hydrogen-bond acceptors (Lipinski definition) is 4. The summed E-state index contributed by atoms with van der Waals surface area (Å²) in [5, 5.41) is 13.3. The second-order valence-electron chi connectivity index (χ2n) is 6.21. The molecule has 1 unspecified atom stereocenters. The van der Waals surface area contributed by atoms with Crippen LogP contribution in [0.4, 0.5) is 0 Å². The van der Waals surface area contributed by atoms with E-state index in [1.54, 1.807) is 25.8 Å². The first-order chi connectivity index (χ1) is 12.0. The van der Waals surface area contributed by atoms with Gasteiger partial charge in [0, 0.05) is 30.0 Å². The first-order valence-electron chi connectivity index (χ1n) is 8.28. The van der Waals surface area contributed by atoms with Crippen molar-refractivity contribution < 1.29 is 14.6 Å². The van der Waals surface area contributed by atoms with E-state index in [0.29, 0.717) is 12.8 Å². The minimum Gasteiger partial charge on any atom is -0.497 e. The van der Waals surface area contributed by atoms with Gasteiger partial charge in [-0.05, 0) is 36.8 Å². The van der Waals surface area contributed by atoms with Crippen LogP contribution in [0.15, 0.2) is 59.5 Å². The molecule has 0 aromatic heterocycles. The number of benzene rings is 2. The number of thioether (sulfide) groups is 1. The molecule has 0 aliphatic rings. The van der Waals surface area contributed by atoms with E-state index in [0.717, 1.165) is 22.0 Å². The van der Waals surface area contributed by atoms with Crippen molar-refractivity contribution in [2.75, 3.05) is 19.4 Å². The molecule has 2 N–H and O–H groups in total. The molecule has 0 radical (unpaired) electrons. The number of methoxy groups -OCH3 is 1. The SMILES string of the molecule is COc1ccc(CC(C)(O)CNC(=O)CCSc2ccccc2)cc1. The van der Waals surface area contributed by atoms with E-state index in [1.807, 2.05) is 54.6 Å². The lowest BCUT2D eigenvalue weighted by molar-refractivity contribution is -0.121. The first-order valence-corrected chi connectivity index (χ1v) is 9.27. The molecule has 0 aliphatic carbocycles. The molecule has 5 heteroatoms. The number of nitrogens with one attached hydrogen (secondary N) is 1. The van der Waals surface area contributed by atoms with Crippen molar-refractivity contribution in [3.63, 3.8) is 0 Å². The average Bonchev–Trinajstić information content (AvgIpc) is 2.61. The fraction of sp³-hybridized carbons (Fsp3) is 0.350. The zero-order valence-electron chi connectivity index (χ0n) is 14.7. The zero-order chi connectivity index (χ0) is 18.1. The van der Waals surface area contributed by atoms with Gasteiger partial charge in [-0.3, -0.25) is 4.79 Å². The van der Waals surface area contributed by atoms with Crippen LogP contribution in [0.25, 0.3) is 0 Å². The van der Waals surface area contributed by atoms with Crippen molar-refractivity contribution in [2.24, 2.45) is 0 Å². The average molecular weight is 359 g/mol. The largest absolute Gasteiger partial charge is 0.497 e. The van der Waals surface area contributed by atoms with Gasteiger partial charge in [0.1, 0.15) is 5.75 Å². The molecule has 1 atom stereocenters. The number of rotatable bonds is 9. The van der Waals surface area contributed by atoms with Crippen LogP contribution >= 0.6 is 11.8 Å². The molecule has 134 valence electrons. The van der Waals surface area contributed by atoms with Gasteiger partial charge in [0.15, 0.2) is 0 Å². The lowest BCUT2D eigenvalue weighted by atomic mass is 9.96. The molecule has 25 heavy (non-hydrogen) atoms. The number of ether oxygens (including phenoxy) is 1. The number of amides is 1. The minimum absolute atomic E-state index is 0.0431. The Bertz CT molecular complexity index is 656. The summed E-state index contributed by atoms with van der Waals surface area (Å²) in [5.74, 6) is 1.46. The highest BCUT2D eigenvalue weighted by molar-refractivity contribution is 7.99. The van der Waals surface area contributed by atoms with Crippen LogP contribution in [-0.2, 0) is 11.2 Å². The van der Waals surface area contributed by atoms with E-state index >= 15 is 0 Å². The van der Waals surface area contributed by atoms with E-state index < -0.39 is 5.60 Å². The maximum atomic E-state index is 12.0. The molecule has 0 bridgehead atoms. The molecule has 0 saturated heterocycles. The quantitative estimate of drug-likeness (QED) is 0.675. The molecule has 0 saturated carbocycles. The third kappa shape index (κ3) is 7.20. The lowest BCUT2D eigenvalue weighted by Crippen LogP contribution is -2.42. The van der Waals surface area contributed by atoms with E-state index in [1.165, 1.54) is 0 Å². The smallest absolute Gasteiger partial charge is 0.220 e. The van der Waals surface area contributed by atoms with Gasteiger partial charge >= 0.3 is 0 Å². The van der Waals surface area contributed by atoms with Crippen molar-refractivity contribution in [3.05, 3.63) is 60.2 Å². The van der Waals surface area contributed by atoms with Crippen LogP contribution in [0.3, 0.4) is 0 Å². The highest BCUT2D eigenvalue weighted by Crippen LogP contribution is 2.18. The minimum atomic E-state index is -0.989. The third-order valence-corrected chi connectivity index (χ3v) is 4.77. The molecular formula is C20H25NO3S. The van der Waals surface area contributed by atoms with E-state index in [9.17, 15) is 9.90 Å². The second kappa shape index (κ2) is 9.49. The number of aliphatic hydroxyl groups is 1. The maximum absolute atomic E-state index is 12.0. The van der Waals surface area contributed by atoms with Crippen LogP contribution in [0.1, 0.15) is 18.9 Å². The van der Waals surface area contributed by atoms with Gasteiger partial charge in [-0.1, -0.05) is 30.3 Å². The molecule has 0 fully saturated rings. The van der Waals surface area contributed by atoms with E-state index in [4.69, 9.17) is 4.74 Å². The number of hydrogen-bond donors (Lipinski definition) is 2.